The maximum atomic E-state index is 12.5. The smallest absolute Gasteiger partial charge is 0.272 e. The van der Waals surface area contributed by atoms with Gasteiger partial charge in [-0.3, -0.25) is 9.78 Å². The molecule has 0 saturated heterocycles. The molecule has 6 heteroatoms. The summed E-state index contributed by atoms with van der Waals surface area (Å²) >= 11 is 0. The van der Waals surface area contributed by atoms with Crippen molar-refractivity contribution in [3.63, 3.8) is 0 Å². The Labute approximate surface area is 143 Å². The first-order chi connectivity index (χ1) is 11.7. The Morgan fingerprint density at radius 3 is 2.75 bits per heavy atom. The molecule has 0 spiro atoms. The van der Waals surface area contributed by atoms with Crippen LogP contribution in [0.15, 0.2) is 36.9 Å². The second kappa shape index (κ2) is 9.60. The van der Waals surface area contributed by atoms with Crippen LogP contribution in [-0.4, -0.2) is 45.9 Å². The molecule has 24 heavy (non-hydrogen) atoms. The van der Waals surface area contributed by atoms with Crippen LogP contribution in [0.25, 0.3) is 0 Å². The lowest BCUT2D eigenvalue weighted by Gasteiger charge is -2.17. The molecule has 2 rings (SSSR count). The van der Waals surface area contributed by atoms with Crippen molar-refractivity contribution in [1.29, 1.82) is 0 Å². The van der Waals surface area contributed by atoms with Crippen LogP contribution >= 0.6 is 0 Å². The average molecular weight is 327 g/mol. The van der Waals surface area contributed by atoms with E-state index in [2.05, 4.69) is 27.2 Å². The average Bonchev–Trinajstić information content (AvgIpc) is 2.64. The van der Waals surface area contributed by atoms with Gasteiger partial charge in [-0.2, -0.15) is 0 Å². The summed E-state index contributed by atoms with van der Waals surface area (Å²) in [6, 6.07) is 5.64. The van der Waals surface area contributed by atoms with Crippen molar-refractivity contribution in [1.82, 2.24) is 19.9 Å². The minimum atomic E-state index is -0.0944. The fraction of sp³-hybridized carbons (Fsp3) is 0.444. The molecule has 128 valence electrons. The van der Waals surface area contributed by atoms with Gasteiger partial charge in [0, 0.05) is 38.6 Å². The molecule has 2 heterocycles. The molecular weight excluding hydrogens is 302 g/mol. The van der Waals surface area contributed by atoms with Gasteiger partial charge in [0.05, 0.1) is 0 Å². The summed E-state index contributed by atoms with van der Waals surface area (Å²) in [6.07, 6.45) is 9.20. The summed E-state index contributed by atoms with van der Waals surface area (Å²) in [5.41, 5.74) is 1.57. The first-order valence-corrected chi connectivity index (χ1v) is 8.41. The summed E-state index contributed by atoms with van der Waals surface area (Å²) in [7, 11) is 1.79. The number of hydrogen-bond donors (Lipinski definition) is 1. The van der Waals surface area contributed by atoms with E-state index >= 15 is 0 Å². The van der Waals surface area contributed by atoms with Crippen LogP contribution in [0.1, 0.15) is 42.2 Å². The van der Waals surface area contributed by atoms with Crippen molar-refractivity contribution in [3.8, 4) is 0 Å². The van der Waals surface area contributed by atoms with Crippen molar-refractivity contribution in [2.75, 3.05) is 25.5 Å². The molecule has 0 atom stereocenters. The molecule has 0 aliphatic heterocycles. The fourth-order valence-corrected chi connectivity index (χ4v) is 2.31. The van der Waals surface area contributed by atoms with Gasteiger partial charge < -0.3 is 10.2 Å². The van der Waals surface area contributed by atoms with E-state index in [9.17, 15) is 4.79 Å². The van der Waals surface area contributed by atoms with Gasteiger partial charge in [-0.15, -0.1) is 0 Å². The summed E-state index contributed by atoms with van der Waals surface area (Å²) < 4.78 is 0. The molecule has 0 radical (unpaired) electrons. The minimum Gasteiger partial charge on any atom is -0.370 e. The molecule has 6 nitrogen and oxygen atoms in total. The Morgan fingerprint density at radius 2 is 2.00 bits per heavy atom. The number of anilines is 1. The number of aromatic nitrogens is 3. The number of nitrogens with zero attached hydrogens (tertiary/aromatic N) is 4. The van der Waals surface area contributed by atoms with Crippen LogP contribution in [0.3, 0.4) is 0 Å². The first-order valence-electron chi connectivity index (χ1n) is 8.41. The quantitative estimate of drug-likeness (QED) is 0.717. The summed E-state index contributed by atoms with van der Waals surface area (Å²) in [4.78, 5) is 26.5. The van der Waals surface area contributed by atoms with Gasteiger partial charge in [-0.1, -0.05) is 19.8 Å². The molecular formula is C18H25N5O. The van der Waals surface area contributed by atoms with E-state index in [0.717, 1.165) is 24.9 Å². The van der Waals surface area contributed by atoms with Crippen LogP contribution in [-0.2, 0) is 6.42 Å². The zero-order valence-electron chi connectivity index (χ0n) is 14.4. The summed E-state index contributed by atoms with van der Waals surface area (Å²) in [6.45, 7) is 3.66. The summed E-state index contributed by atoms with van der Waals surface area (Å²) in [5, 5.41) is 3.24. The second-order valence-electron chi connectivity index (χ2n) is 5.75. The van der Waals surface area contributed by atoms with Gasteiger partial charge in [0.2, 0.25) is 0 Å². The van der Waals surface area contributed by atoms with E-state index in [1.807, 2.05) is 12.1 Å². The first kappa shape index (κ1) is 17.8. The topological polar surface area (TPSA) is 71.0 Å². The molecule has 0 unspecified atom stereocenters. The summed E-state index contributed by atoms with van der Waals surface area (Å²) in [5.74, 6) is 0.607. The van der Waals surface area contributed by atoms with Gasteiger partial charge in [0.25, 0.3) is 5.91 Å². The molecule has 1 amide bonds. The lowest BCUT2D eigenvalue weighted by atomic mass is 10.2. The standard InChI is InChI=1S/C18H25N5O/c1-3-4-5-9-20-17-13-16(21-14-22-17)18(24)23(2)12-8-15-6-10-19-11-7-15/h6-7,10-11,13-14H,3-5,8-9,12H2,1-2H3,(H,20,21,22). The van der Waals surface area contributed by atoms with E-state index in [1.54, 1.807) is 30.4 Å². The Balaban J connectivity index is 1.88. The predicted octanol–water partition coefficient (Wildman–Crippen LogP) is 2.79. The van der Waals surface area contributed by atoms with E-state index < -0.39 is 0 Å². The number of hydrogen-bond acceptors (Lipinski definition) is 5. The monoisotopic (exact) mass is 327 g/mol. The number of likely N-dealkylation sites (N-methyl/N-ethyl adjacent to an activating group) is 1. The van der Waals surface area contributed by atoms with E-state index in [4.69, 9.17) is 0 Å². The lowest BCUT2D eigenvalue weighted by Crippen LogP contribution is -2.29. The number of amides is 1. The highest BCUT2D eigenvalue weighted by Gasteiger charge is 2.14. The highest BCUT2D eigenvalue weighted by Crippen LogP contribution is 2.08. The number of rotatable bonds is 9. The van der Waals surface area contributed by atoms with Gasteiger partial charge in [-0.25, -0.2) is 9.97 Å². The molecule has 1 N–H and O–H groups in total. The molecule has 0 fully saturated rings. The van der Waals surface area contributed by atoms with Crippen LogP contribution in [0.2, 0.25) is 0 Å². The Morgan fingerprint density at radius 1 is 1.21 bits per heavy atom. The third-order valence-electron chi connectivity index (χ3n) is 3.80. The Kier molecular flexibility index (Phi) is 7.14. The third-order valence-corrected chi connectivity index (χ3v) is 3.80. The number of nitrogens with one attached hydrogen (secondary N) is 1. The van der Waals surface area contributed by atoms with Crippen molar-refractivity contribution in [2.24, 2.45) is 0 Å². The minimum absolute atomic E-state index is 0.0944. The zero-order valence-corrected chi connectivity index (χ0v) is 14.4. The van der Waals surface area contributed by atoms with Gasteiger partial charge in [0.15, 0.2) is 0 Å². The number of carbonyl (C=O) groups excluding carboxylic acids is 1. The molecule has 2 aromatic rings. The van der Waals surface area contributed by atoms with Crippen molar-refractivity contribution < 1.29 is 4.79 Å². The number of pyridine rings is 1. The largest absolute Gasteiger partial charge is 0.370 e. The molecule has 0 aliphatic rings. The van der Waals surface area contributed by atoms with Crippen molar-refractivity contribution >= 4 is 11.7 Å². The predicted molar refractivity (Wildman–Crippen MR) is 94.9 cm³/mol. The maximum Gasteiger partial charge on any atom is 0.272 e. The van der Waals surface area contributed by atoms with Crippen LogP contribution in [0, 0.1) is 0 Å². The molecule has 0 aromatic carbocycles. The van der Waals surface area contributed by atoms with Crippen LogP contribution in [0.5, 0.6) is 0 Å². The van der Waals surface area contributed by atoms with E-state index in [-0.39, 0.29) is 5.91 Å². The Bertz CT molecular complexity index is 632. The van der Waals surface area contributed by atoms with Crippen LogP contribution < -0.4 is 5.32 Å². The van der Waals surface area contributed by atoms with E-state index in [0.29, 0.717) is 18.1 Å². The number of carbonyl (C=O) groups is 1. The molecule has 0 saturated carbocycles. The highest BCUT2D eigenvalue weighted by molar-refractivity contribution is 5.92. The van der Waals surface area contributed by atoms with Crippen molar-refractivity contribution in [2.45, 2.75) is 32.6 Å². The van der Waals surface area contributed by atoms with Gasteiger partial charge in [-0.05, 0) is 30.5 Å². The maximum absolute atomic E-state index is 12.5. The zero-order chi connectivity index (χ0) is 17.2. The normalized spacial score (nSPS) is 10.4. The highest BCUT2D eigenvalue weighted by atomic mass is 16.2. The fourth-order valence-electron chi connectivity index (χ4n) is 2.31. The SMILES string of the molecule is CCCCCNc1cc(C(=O)N(C)CCc2ccncc2)ncn1. The van der Waals surface area contributed by atoms with Gasteiger partial charge >= 0.3 is 0 Å². The number of unbranched alkanes of at least 4 members (excludes halogenated alkanes) is 2. The molecule has 0 bridgehead atoms. The Hall–Kier alpha value is -2.50. The van der Waals surface area contributed by atoms with Crippen molar-refractivity contribution in [3.05, 3.63) is 48.2 Å². The molecule has 0 aliphatic carbocycles. The van der Waals surface area contributed by atoms with Crippen LogP contribution in [0.4, 0.5) is 5.82 Å². The lowest BCUT2D eigenvalue weighted by molar-refractivity contribution is 0.0790. The van der Waals surface area contributed by atoms with Gasteiger partial charge in [0.1, 0.15) is 17.8 Å². The second-order valence-corrected chi connectivity index (χ2v) is 5.75. The van der Waals surface area contributed by atoms with E-state index in [1.165, 1.54) is 19.2 Å². The third kappa shape index (κ3) is 5.61. The molecule has 2 aromatic heterocycles.